The summed E-state index contributed by atoms with van der Waals surface area (Å²) in [5.74, 6) is 0.930. The summed E-state index contributed by atoms with van der Waals surface area (Å²) in [6.45, 7) is 7.78. The molecule has 1 N–H and O–H groups in total. The second-order valence-electron chi connectivity index (χ2n) is 6.54. The van der Waals surface area contributed by atoms with Gasteiger partial charge in [-0.15, -0.1) is 24.0 Å². The van der Waals surface area contributed by atoms with Gasteiger partial charge in [0.1, 0.15) is 0 Å². The first-order valence-electron chi connectivity index (χ1n) is 8.63. The van der Waals surface area contributed by atoms with Gasteiger partial charge in [0.05, 0.1) is 6.54 Å². The zero-order chi connectivity index (χ0) is 17.5. The van der Waals surface area contributed by atoms with Crippen molar-refractivity contribution in [3.05, 3.63) is 34.9 Å². The van der Waals surface area contributed by atoms with Gasteiger partial charge in [0.25, 0.3) is 0 Å². The highest BCUT2D eigenvalue weighted by atomic mass is 127. The van der Waals surface area contributed by atoms with E-state index >= 15 is 0 Å². The van der Waals surface area contributed by atoms with Gasteiger partial charge in [-0.1, -0.05) is 29.8 Å². The second-order valence-corrected chi connectivity index (χ2v) is 6.95. The molecule has 1 aliphatic rings. The van der Waals surface area contributed by atoms with E-state index in [-0.39, 0.29) is 24.0 Å². The van der Waals surface area contributed by atoms with Gasteiger partial charge < -0.3 is 15.1 Å². The van der Waals surface area contributed by atoms with Gasteiger partial charge in [-0.25, -0.2) is 0 Å². The van der Waals surface area contributed by atoms with Crippen molar-refractivity contribution < 1.29 is 0 Å². The molecule has 0 aliphatic carbocycles. The Labute approximate surface area is 174 Å². The van der Waals surface area contributed by atoms with Gasteiger partial charge in [-0.3, -0.25) is 9.89 Å². The number of nitrogens with zero attached hydrogens (tertiary/aromatic N) is 4. The van der Waals surface area contributed by atoms with Gasteiger partial charge in [-0.05, 0) is 32.6 Å². The van der Waals surface area contributed by atoms with E-state index in [4.69, 9.17) is 16.6 Å². The molecule has 25 heavy (non-hydrogen) atoms. The molecule has 1 aromatic rings. The first-order chi connectivity index (χ1) is 11.5. The summed E-state index contributed by atoms with van der Waals surface area (Å²) >= 11 is 6.28. The van der Waals surface area contributed by atoms with Crippen LogP contribution in [0.5, 0.6) is 0 Å². The van der Waals surface area contributed by atoms with E-state index in [1.807, 2.05) is 18.2 Å². The summed E-state index contributed by atoms with van der Waals surface area (Å²) < 4.78 is 0. The van der Waals surface area contributed by atoms with E-state index in [0.717, 1.165) is 55.8 Å². The smallest absolute Gasteiger partial charge is 0.194 e. The van der Waals surface area contributed by atoms with Crippen LogP contribution in [0.15, 0.2) is 29.3 Å². The van der Waals surface area contributed by atoms with Crippen LogP contribution in [-0.4, -0.2) is 80.6 Å². The number of benzene rings is 1. The number of nitrogens with one attached hydrogen (secondary N) is 1. The predicted octanol–water partition coefficient (Wildman–Crippen LogP) is 2.60. The minimum absolute atomic E-state index is 0. The van der Waals surface area contributed by atoms with Crippen LogP contribution in [0.3, 0.4) is 0 Å². The maximum Gasteiger partial charge on any atom is 0.194 e. The van der Waals surface area contributed by atoms with Gasteiger partial charge >= 0.3 is 0 Å². The SMILES string of the molecule is CCNC(=NCC1CN(C)CCN1C)N(C)Cc1ccccc1Cl.I. The molecule has 5 nitrogen and oxygen atoms in total. The molecule has 1 aromatic carbocycles. The lowest BCUT2D eigenvalue weighted by atomic mass is 10.2. The molecule has 0 aromatic heterocycles. The van der Waals surface area contributed by atoms with Gasteiger partial charge in [0.2, 0.25) is 0 Å². The first kappa shape index (κ1) is 22.5. The molecular formula is C18H31ClIN5. The van der Waals surface area contributed by atoms with Crippen molar-refractivity contribution in [2.45, 2.75) is 19.5 Å². The Balaban J connectivity index is 0.00000312. The molecule has 1 fully saturated rings. The Morgan fingerprint density at radius 3 is 2.72 bits per heavy atom. The lowest BCUT2D eigenvalue weighted by Gasteiger charge is -2.37. The van der Waals surface area contributed by atoms with Gasteiger partial charge in [0, 0.05) is 50.8 Å². The topological polar surface area (TPSA) is 34.1 Å². The average Bonchev–Trinajstić information content (AvgIpc) is 2.56. The highest BCUT2D eigenvalue weighted by molar-refractivity contribution is 14.0. The molecule has 1 saturated heterocycles. The van der Waals surface area contributed by atoms with Crippen molar-refractivity contribution in [2.24, 2.45) is 4.99 Å². The molecule has 1 heterocycles. The van der Waals surface area contributed by atoms with Crippen LogP contribution >= 0.6 is 35.6 Å². The number of halogens is 2. The fraction of sp³-hybridized carbons (Fsp3) is 0.611. The fourth-order valence-corrected chi connectivity index (χ4v) is 3.11. The van der Waals surface area contributed by atoms with E-state index in [2.05, 4.69) is 54.1 Å². The van der Waals surface area contributed by atoms with Crippen molar-refractivity contribution in [1.29, 1.82) is 0 Å². The number of likely N-dealkylation sites (N-methyl/N-ethyl adjacent to an activating group) is 2. The number of guanidine groups is 1. The fourth-order valence-electron chi connectivity index (χ4n) is 2.92. The predicted molar refractivity (Wildman–Crippen MR) is 118 cm³/mol. The Morgan fingerprint density at radius 1 is 1.32 bits per heavy atom. The van der Waals surface area contributed by atoms with Crippen LogP contribution in [0.4, 0.5) is 0 Å². The summed E-state index contributed by atoms with van der Waals surface area (Å²) in [5, 5.41) is 4.19. The highest BCUT2D eigenvalue weighted by Crippen LogP contribution is 2.16. The largest absolute Gasteiger partial charge is 0.357 e. The Hall–Kier alpha value is -0.570. The van der Waals surface area contributed by atoms with Crippen molar-refractivity contribution in [1.82, 2.24) is 20.0 Å². The van der Waals surface area contributed by atoms with Crippen LogP contribution in [0.25, 0.3) is 0 Å². The molecule has 142 valence electrons. The summed E-state index contributed by atoms with van der Waals surface area (Å²) in [7, 11) is 6.42. The summed E-state index contributed by atoms with van der Waals surface area (Å²) in [6, 6.07) is 8.44. The van der Waals surface area contributed by atoms with Crippen LogP contribution in [0.1, 0.15) is 12.5 Å². The summed E-state index contributed by atoms with van der Waals surface area (Å²) in [5.41, 5.74) is 1.11. The number of hydrogen-bond acceptors (Lipinski definition) is 3. The third kappa shape index (κ3) is 6.92. The lowest BCUT2D eigenvalue weighted by molar-refractivity contribution is 0.119. The molecule has 0 saturated carbocycles. The quantitative estimate of drug-likeness (QED) is 0.400. The molecule has 7 heteroatoms. The third-order valence-corrected chi connectivity index (χ3v) is 4.86. The van der Waals surface area contributed by atoms with Crippen LogP contribution < -0.4 is 5.32 Å². The van der Waals surface area contributed by atoms with E-state index in [1.165, 1.54) is 0 Å². The van der Waals surface area contributed by atoms with E-state index < -0.39 is 0 Å². The van der Waals surface area contributed by atoms with Crippen LogP contribution in [-0.2, 0) is 6.54 Å². The van der Waals surface area contributed by atoms with Gasteiger partial charge in [0.15, 0.2) is 5.96 Å². The number of piperazine rings is 1. The van der Waals surface area contributed by atoms with Crippen LogP contribution in [0, 0.1) is 0 Å². The monoisotopic (exact) mass is 479 g/mol. The van der Waals surface area contributed by atoms with Gasteiger partial charge in [-0.2, -0.15) is 0 Å². The molecular weight excluding hydrogens is 449 g/mol. The molecule has 2 rings (SSSR count). The first-order valence-corrected chi connectivity index (χ1v) is 9.00. The maximum absolute atomic E-state index is 6.28. The minimum Gasteiger partial charge on any atom is -0.357 e. The Kier molecular flexibility index (Phi) is 10.1. The standard InChI is InChI=1S/C18H30ClN5.HI/c1-5-20-18(21-12-16-14-22(2)10-11-23(16)3)24(4)13-15-8-6-7-9-17(15)19;/h6-9,16H,5,10-14H2,1-4H3,(H,20,21);1H. The van der Waals surface area contributed by atoms with E-state index in [9.17, 15) is 0 Å². The van der Waals surface area contributed by atoms with Crippen molar-refractivity contribution >= 4 is 41.5 Å². The molecule has 0 bridgehead atoms. The van der Waals surface area contributed by atoms with E-state index in [0.29, 0.717) is 6.04 Å². The Bertz CT molecular complexity index is 554. The normalized spacial score (nSPS) is 19.4. The molecule has 1 unspecified atom stereocenters. The molecule has 0 radical (unpaired) electrons. The average molecular weight is 480 g/mol. The summed E-state index contributed by atoms with van der Waals surface area (Å²) in [4.78, 5) is 11.8. The number of aliphatic imine (C=N–C) groups is 1. The maximum atomic E-state index is 6.28. The number of rotatable bonds is 5. The van der Waals surface area contributed by atoms with Crippen molar-refractivity contribution in [3.8, 4) is 0 Å². The molecule has 0 spiro atoms. The zero-order valence-corrected chi connectivity index (χ0v) is 18.8. The molecule has 1 atom stereocenters. The molecule has 1 aliphatic heterocycles. The summed E-state index contributed by atoms with van der Waals surface area (Å²) in [6.07, 6.45) is 0. The van der Waals surface area contributed by atoms with E-state index in [1.54, 1.807) is 0 Å². The zero-order valence-electron chi connectivity index (χ0n) is 15.7. The highest BCUT2D eigenvalue weighted by Gasteiger charge is 2.22. The minimum atomic E-state index is 0. The number of hydrogen-bond donors (Lipinski definition) is 1. The Morgan fingerprint density at radius 2 is 2.04 bits per heavy atom. The molecule has 0 amide bonds. The third-order valence-electron chi connectivity index (χ3n) is 4.49. The van der Waals surface area contributed by atoms with Crippen molar-refractivity contribution in [3.63, 3.8) is 0 Å². The lowest BCUT2D eigenvalue weighted by Crippen LogP contribution is -2.51. The second kappa shape index (κ2) is 11.2. The van der Waals surface area contributed by atoms with Crippen molar-refractivity contribution in [2.75, 3.05) is 53.9 Å². The van der Waals surface area contributed by atoms with Crippen LogP contribution in [0.2, 0.25) is 5.02 Å².